The summed E-state index contributed by atoms with van der Waals surface area (Å²) in [4.78, 5) is 39.2. The molecule has 7 nitrogen and oxygen atoms in total. The number of likely N-dealkylation sites (N-methyl/N-ethyl adjacent to an activating group) is 1. The Hall–Kier alpha value is -2.93. The Bertz CT molecular complexity index is 1550. The first-order valence-corrected chi connectivity index (χ1v) is 20.0. The van der Waals surface area contributed by atoms with Crippen LogP contribution in [-0.4, -0.2) is 59.1 Å². The molecule has 0 aromatic heterocycles. The third-order valence-corrected chi connectivity index (χ3v) is 16.3. The number of carboxylic acids is 2. The van der Waals surface area contributed by atoms with Crippen molar-refractivity contribution in [1.29, 1.82) is 0 Å². The molecule has 51 heavy (non-hydrogen) atoms. The zero-order valence-electron chi connectivity index (χ0n) is 32.2. The third-order valence-electron chi connectivity index (χ3n) is 16.3. The number of benzene rings is 1. The molecule has 280 valence electrons. The minimum atomic E-state index is -0.885. The number of nitrogens with one attached hydrogen (secondary N) is 1. The molecule has 5 aliphatic rings. The van der Waals surface area contributed by atoms with E-state index in [-0.39, 0.29) is 39.4 Å². The number of nitrogens with zero attached hydrogens (tertiary/aromatic N) is 1. The largest absolute Gasteiger partial charge is 0.481 e. The first-order chi connectivity index (χ1) is 24.1. The third kappa shape index (κ3) is 6.02. The summed E-state index contributed by atoms with van der Waals surface area (Å²) in [7, 11) is 0. The van der Waals surface area contributed by atoms with Crippen LogP contribution in [0.2, 0.25) is 0 Å². The van der Waals surface area contributed by atoms with Crippen molar-refractivity contribution in [3.05, 3.63) is 54.1 Å². The lowest BCUT2D eigenvalue weighted by Crippen LogP contribution is -2.66. The maximum Gasteiger partial charge on any atom is 0.335 e. The highest BCUT2D eigenvalue weighted by Crippen LogP contribution is 2.77. The van der Waals surface area contributed by atoms with Crippen molar-refractivity contribution < 1.29 is 24.6 Å². The van der Waals surface area contributed by atoms with Gasteiger partial charge in [0.05, 0.1) is 11.0 Å². The number of aliphatic carboxylic acids is 1. The quantitative estimate of drug-likeness (QED) is 0.188. The minimum absolute atomic E-state index is 0.0281. The van der Waals surface area contributed by atoms with Gasteiger partial charge in [0.2, 0.25) is 5.91 Å². The maximum absolute atomic E-state index is 14.4. The summed E-state index contributed by atoms with van der Waals surface area (Å²) in [6.07, 6.45) is 15.3. The van der Waals surface area contributed by atoms with E-state index in [1.807, 2.05) is 12.1 Å². The molecule has 4 saturated carbocycles. The van der Waals surface area contributed by atoms with Gasteiger partial charge in [0.15, 0.2) is 0 Å². The van der Waals surface area contributed by atoms with Gasteiger partial charge in [-0.3, -0.25) is 9.59 Å². The molecule has 4 fully saturated rings. The SMILES string of the molecule is C=C[C@@H]1CC[C@]2(C(=O)NCCN(CC)CCCC(=O)O)CC[C@]3(C)[C@H](CC[C@@H]4[C@@]5(C)CC=C(c6ccc(C(=O)O)cc6)C(C)(C)[C@@H]5CC[C@]43C)[C@@H]12. The minimum Gasteiger partial charge on any atom is -0.481 e. The number of hydrogen-bond acceptors (Lipinski definition) is 4. The summed E-state index contributed by atoms with van der Waals surface area (Å²) in [5.74, 6) is 0.906. The highest BCUT2D eigenvalue weighted by Gasteiger charge is 2.71. The summed E-state index contributed by atoms with van der Waals surface area (Å²) in [5.41, 5.74) is 2.97. The molecule has 5 aliphatic carbocycles. The van der Waals surface area contributed by atoms with Crippen LogP contribution in [0.25, 0.3) is 5.57 Å². The van der Waals surface area contributed by atoms with Gasteiger partial charge in [-0.25, -0.2) is 4.79 Å². The molecule has 0 aliphatic heterocycles. The second-order valence-corrected chi connectivity index (χ2v) is 18.4. The van der Waals surface area contributed by atoms with Crippen LogP contribution in [0.3, 0.4) is 0 Å². The molecule has 0 spiro atoms. The molecule has 6 rings (SSSR count). The van der Waals surface area contributed by atoms with Crippen molar-refractivity contribution in [3.8, 4) is 0 Å². The Labute approximate surface area is 306 Å². The first-order valence-electron chi connectivity index (χ1n) is 20.0. The second-order valence-electron chi connectivity index (χ2n) is 18.4. The normalized spacial score (nSPS) is 38.0. The Kier molecular flexibility index (Phi) is 10.2. The number of rotatable bonds is 12. The molecule has 7 heteroatoms. The van der Waals surface area contributed by atoms with E-state index in [9.17, 15) is 19.5 Å². The highest BCUT2D eigenvalue weighted by molar-refractivity contribution is 5.88. The van der Waals surface area contributed by atoms with Crippen LogP contribution >= 0.6 is 0 Å². The van der Waals surface area contributed by atoms with Gasteiger partial charge in [0.1, 0.15) is 0 Å². The molecule has 0 unspecified atom stereocenters. The highest BCUT2D eigenvalue weighted by atomic mass is 16.4. The molecule has 9 atom stereocenters. The average molecular weight is 701 g/mol. The van der Waals surface area contributed by atoms with E-state index in [4.69, 9.17) is 5.11 Å². The molecule has 0 bridgehead atoms. The summed E-state index contributed by atoms with van der Waals surface area (Å²) in [6.45, 7) is 22.1. The van der Waals surface area contributed by atoms with E-state index in [1.54, 1.807) is 12.1 Å². The molecular weight excluding hydrogens is 636 g/mol. The molecule has 0 saturated heterocycles. The number of aromatic carboxylic acids is 1. The number of amides is 1. The molecular formula is C44H64N2O5. The Morgan fingerprint density at radius 3 is 2.27 bits per heavy atom. The first kappa shape index (κ1) is 37.8. The van der Waals surface area contributed by atoms with Crippen molar-refractivity contribution in [2.75, 3.05) is 26.2 Å². The number of carbonyl (C=O) groups is 3. The van der Waals surface area contributed by atoms with E-state index in [0.717, 1.165) is 57.3 Å². The van der Waals surface area contributed by atoms with E-state index in [2.05, 4.69) is 70.5 Å². The van der Waals surface area contributed by atoms with Gasteiger partial charge < -0.3 is 20.4 Å². The van der Waals surface area contributed by atoms with Gasteiger partial charge in [-0.05, 0) is 152 Å². The molecule has 0 heterocycles. The fourth-order valence-corrected chi connectivity index (χ4v) is 13.6. The standard InChI is InChI=1S/C44H64N2O5/c1-8-29-18-23-44(39(51)45-26-28-46(9-2)27-10-11-36(47)48)25-24-42(6)33(37(29)44)16-17-35-41(5)21-19-32(30-12-14-31(15-13-30)38(49)50)40(3,4)34(41)20-22-43(35,42)7/h8,12-15,19,29,33-35,37H,1,9-11,16-18,20-28H2,2-7H3,(H,45,51)(H,47,48)(H,49,50)/t29-,33-,34+,35-,37-,41+,42-,43-,44+/m1/s1. The summed E-state index contributed by atoms with van der Waals surface area (Å²) in [6, 6.07) is 7.50. The van der Waals surface area contributed by atoms with Crippen LogP contribution in [0.15, 0.2) is 43.0 Å². The monoisotopic (exact) mass is 700 g/mol. The fraction of sp³-hybridized carbons (Fsp3) is 0.705. The van der Waals surface area contributed by atoms with Crippen LogP contribution in [0.5, 0.6) is 0 Å². The van der Waals surface area contributed by atoms with Crippen molar-refractivity contribution in [2.24, 2.45) is 56.7 Å². The number of hydrogen-bond donors (Lipinski definition) is 3. The predicted octanol–water partition coefficient (Wildman–Crippen LogP) is 8.95. The predicted molar refractivity (Wildman–Crippen MR) is 203 cm³/mol. The topological polar surface area (TPSA) is 107 Å². The molecule has 0 radical (unpaired) electrons. The average Bonchev–Trinajstić information content (AvgIpc) is 3.47. The van der Waals surface area contributed by atoms with E-state index < -0.39 is 11.9 Å². The maximum atomic E-state index is 14.4. The van der Waals surface area contributed by atoms with Gasteiger partial charge in [-0.1, -0.05) is 65.8 Å². The van der Waals surface area contributed by atoms with Crippen LogP contribution < -0.4 is 5.32 Å². The number of fused-ring (bicyclic) bond motifs is 7. The fourth-order valence-electron chi connectivity index (χ4n) is 13.6. The zero-order chi connectivity index (χ0) is 37.0. The van der Waals surface area contributed by atoms with Crippen molar-refractivity contribution >= 4 is 23.4 Å². The van der Waals surface area contributed by atoms with E-state index in [0.29, 0.717) is 48.1 Å². The van der Waals surface area contributed by atoms with Crippen LogP contribution in [-0.2, 0) is 9.59 Å². The molecule has 1 amide bonds. The number of carboxylic acid groups (broad SMARTS) is 2. The zero-order valence-corrected chi connectivity index (χ0v) is 32.2. The van der Waals surface area contributed by atoms with Gasteiger partial charge in [-0.15, -0.1) is 6.58 Å². The summed E-state index contributed by atoms with van der Waals surface area (Å²) < 4.78 is 0. The molecule has 1 aromatic carbocycles. The lowest BCUT2D eigenvalue weighted by atomic mass is 9.32. The van der Waals surface area contributed by atoms with Gasteiger partial charge in [0.25, 0.3) is 0 Å². The van der Waals surface area contributed by atoms with Crippen LogP contribution in [0, 0.1) is 56.7 Å². The Morgan fingerprint density at radius 2 is 1.63 bits per heavy atom. The summed E-state index contributed by atoms with van der Waals surface area (Å²) in [5, 5.41) is 21.9. The van der Waals surface area contributed by atoms with Gasteiger partial charge >= 0.3 is 11.9 Å². The summed E-state index contributed by atoms with van der Waals surface area (Å²) >= 11 is 0. The van der Waals surface area contributed by atoms with Gasteiger partial charge in [0, 0.05) is 19.5 Å². The second kappa shape index (κ2) is 13.8. The lowest BCUT2D eigenvalue weighted by Gasteiger charge is -2.72. The smallest absolute Gasteiger partial charge is 0.335 e. The van der Waals surface area contributed by atoms with Gasteiger partial charge in [-0.2, -0.15) is 0 Å². The Morgan fingerprint density at radius 1 is 0.902 bits per heavy atom. The molecule has 3 N–H and O–H groups in total. The Balaban J connectivity index is 1.23. The number of allylic oxidation sites excluding steroid dienone is 3. The van der Waals surface area contributed by atoms with Crippen molar-refractivity contribution in [3.63, 3.8) is 0 Å². The van der Waals surface area contributed by atoms with Crippen LogP contribution in [0.1, 0.15) is 128 Å². The van der Waals surface area contributed by atoms with Crippen LogP contribution in [0.4, 0.5) is 0 Å². The lowest BCUT2D eigenvalue weighted by molar-refractivity contribution is -0.224. The van der Waals surface area contributed by atoms with Crippen molar-refractivity contribution in [2.45, 2.75) is 112 Å². The van der Waals surface area contributed by atoms with Crippen molar-refractivity contribution in [1.82, 2.24) is 10.2 Å². The number of carbonyl (C=O) groups excluding carboxylic acids is 1. The van der Waals surface area contributed by atoms with E-state index in [1.165, 1.54) is 31.3 Å². The van der Waals surface area contributed by atoms with E-state index >= 15 is 0 Å². The molecule has 1 aromatic rings.